The maximum Gasteiger partial charge on any atom is 0.142 e. The lowest BCUT2D eigenvalue weighted by Gasteiger charge is -2.15. The maximum absolute atomic E-state index is 13.3. The van der Waals surface area contributed by atoms with E-state index in [9.17, 15) is 4.39 Å². The summed E-state index contributed by atoms with van der Waals surface area (Å²) in [4.78, 5) is 7.85. The topological polar surface area (TPSA) is 63.8 Å². The molecule has 1 aromatic carbocycles. The van der Waals surface area contributed by atoms with E-state index in [1.165, 1.54) is 18.5 Å². The van der Waals surface area contributed by atoms with E-state index in [0.29, 0.717) is 6.42 Å². The van der Waals surface area contributed by atoms with E-state index in [-0.39, 0.29) is 11.1 Å². The molecule has 0 saturated heterocycles. The summed E-state index contributed by atoms with van der Waals surface area (Å²) in [6.45, 7) is 0. The highest BCUT2D eigenvalue weighted by Gasteiger charge is 2.12. The Morgan fingerprint density at radius 2 is 2.06 bits per heavy atom. The highest BCUT2D eigenvalue weighted by Crippen LogP contribution is 2.20. The van der Waals surface area contributed by atoms with Gasteiger partial charge in [0.05, 0.1) is 11.1 Å². The van der Waals surface area contributed by atoms with Crippen LogP contribution < -0.4 is 11.3 Å². The van der Waals surface area contributed by atoms with Crippen LogP contribution in [0.25, 0.3) is 0 Å². The summed E-state index contributed by atoms with van der Waals surface area (Å²) < 4.78 is 13.3. The summed E-state index contributed by atoms with van der Waals surface area (Å²) in [5.41, 5.74) is 4.30. The number of nitrogens with one attached hydrogen (secondary N) is 1. The molecule has 0 bridgehead atoms. The van der Waals surface area contributed by atoms with Crippen LogP contribution in [0.15, 0.2) is 36.9 Å². The number of hydrazine groups is 1. The summed E-state index contributed by atoms with van der Waals surface area (Å²) in [6.07, 6.45) is 5.31. The minimum atomic E-state index is -0.436. The summed E-state index contributed by atoms with van der Waals surface area (Å²) >= 11 is 5.63. The molecule has 2 aromatic rings. The summed E-state index contributed by atoms with van der Waals surface area (Å²) in [5.74, 6) is 5.06. The number of hydrogen-bond donors (Lipinski definition) is 2. The van der Waals surface area contributed by atoms with Crippen molar-refractivity contribution < 1.29 is 4.39 Å². The Morgan fingerprint density at radius 3 is 2.67 bits per heavy atom. The van der Waals surface area contributed by atoms with Crippen molar-refractivity contribution in [3.8, 4) is 0 Å². The zero-order valence-electron chi connectivity index (χ0n) is 9.48. The summed E-state index contributed by atoms with van der Waals surface area (Å²) in [5, 5.41) is 0.110. The molecule has 0 amide bonds. The third kappa shape index (κ3) is 3.01. The molecule has 1 heterocycles. The largest absolute Gasteiger partial charge is 0.271 e. The van der Waals surface area contributed by atoms with Crippen molar-refractivity contribution in [3.05, 3.63) is 58.9 Å². The average molecular weight is 267 g/mol. The van der Waals surface area contributed by atoms with E-state index in [1.54, 1.807) is 18.5 Å². The van der Waals surface area contributed by atoms with Gasteiger partial charge in [0, 0.05) is 18.0 Å². The molecule has 3 N–H and O–H groups in total. The van der Waals surface area contributed by atoms with Crippen LogP contribution in [0.5, 0.6) is 0 Å². The van der Waals surface area contributed by atoms with E-state index in [2.05, 4.69) is 15.4 Å². The third-order valence-electron chi connectivity index (χ3n) is 2.61. The first-order valence-electron chi connectivity index (χ1n) is 5.35. The van der Waals surface area contributed by atoms with Crippen molar-refractivity contribution in [2.45, 2.75) is 12.5 Å². The van der Waals surface area contributed by atoms with Gasteiger partial charge in [0.1, 0.15) is 12.1 Å². The number of hydrogen-bond acceptors (Lipinski definition) is 4. The van der Waals surface area contributed by atoms with Gasteiger partial charge in [-0.1, -0.05) is 17.7 Å². The second kappa shape index (κ2) is 5.86. The lowest BCUT2D eigenvalue weighted by Crippen LogP contribution is -2.29. The lowest BCUT2D eigenvalue weighted by atomic mass is 10.0. The number of rotatable bonds is 4. The Morgan fingerprint density at radius 1 is 1.33 bits per heavy atom. The van der Waals surface area contributed by atoms with Crippen LogP contribution in [0.4, 0.5) is 4.39 Å². The van der Waals surface area contributed by atoms with E-state index >= 15 is 0 Å². The Balaban J connectivity index is 2.18. The van der Waals surface area contributed by atoms with E-state index in [0.717, 1.165) is 11.1 Å². The van der Waals surface area contributed by atoms with Gasteiger partial charge >= 0.3 is 0 Å². The van der Waals surface area contributed by atoms with E-state index in [4.69, 9.17) is 17.4 Å². The molecule has 0 aliphatic rings. The van der Waals surface area contributed by atoms with Crippen LogP contribution in [0.3, 0.4) is 0 Å². The van der Waals surface area contributed by atoms with Gasteiger partial charge in [-0.25, -0.2) is 14.4 Å². The molecule has 1 atom stereocenters. The minimum Gasteiger partial charge on any atom is -0.271 e. The number of benzene rings is 1. The first-order chi connectivity index (χ1) is 8.70. The minimum absolute atomic E-state index is 0.110. The van der Waals surface area contributed by atoms with Gasteiger partial charge in [-0.3, -0.25) is 11.3 Å². The van der Waals surface area contributed by atoms with Gasteiger partial charge < -0.3 is 0 Å². The number of nitrogens with zero attached hydrogens (tertiary/aromatic N) is 2. The highest BCUT2D eigenvalue weighted by atomic mass is 35.5. The van der Waals surface area contributed by atoms with E-state index in [1.807, 2.05) is 0 Å². The second-order valence-corrected chi connectivity index (χ2v) is 4.25. The van der Waals surface area contributed by atoms with Gasteiger partial charge in [0.2, 0.25) is 0 Å². The fraction of sp³-hybridized carbons (Fsp3) is 0.167. The first-order valence-corrected chi connectivity index (χ1v) is 5.73. The quantitative estimate of drug-likeness (QED) is 0.656. The van der Waals surface area contributed by atoms with E-state index < -0.39 is 5.82 Å². The average Bonchev–Trinajstić information content (AvgIpc) is 2.41. The SMILES string of the molecule is NNC(Cc1ccc(Cl)c(F)c1)c1cncnc1. The molecule has 18 heavy (non-hydrogen) atoms. The molecule has 1 unspecified atom stereocenters. The fourth-order valence-corrected chi connectivity index (χ4v) is 1.78. The number of aromatic nitrogens is 2. The summed E-state index contributed by atoms with van der Waals surface area (Å²) in [6, 6.07) is 4.52. The van der Waals surface area contributed by atoms with Gasteiger partial charge in [-0.2, -0.15) is 0 Å². The van der Waals surface area contributed by atoms with Crippen molar-refractivity contribution in [2.24, 2.45) is 5.84 Å². The smallest absolute Gasteiger partial charge is 0.142 e. The molecule has 2 rings (SSSR count). The zero-order chi connectivity index (χ0) is 13.0. The Bertz CT molecular complexity index is 521. The molecule has 0 spiro atoms. The van der Waals surface area contributed by atoms with Crippen molar-refractivity contribution in [1.82, 2.24) is 15.4 Å². The zero-order valence-corrected chi connectivity index (χ0v) is 10.2. The standard InChI is InChI=1S/C12H12ClFN4/c13-10-2-1-8(3-11(10)14)4-12(18-15)9-5-16-7-17-6-9/h1-3,5-7,12,18H,4,15H2. The van der Waals surface area contributed by atoms with Crippen molar-refractivity contribution >= 4 is 11.6 Å². The Labute approximate surface area is 109 Å². The Kier molecular flexibility index (Phi) is 4.19. The van der Waals surface area contributed by atoms with Crippen LogP contribution in [-0.4, -0.2) is 9.97 Å². The molecule has 6 heteroatoms. The molecule has 1 aromatic heterocycles. The van der Waals surface area contributed by atoms with Crippen LogP contribution >= 0.6 is 11.6 Å². The predicted octanol–water partition coefficient (Wildman–Crippen LogP) is 2.02. The van der Waals surface area contributed by atoms with Gasteiger partial charge in [0.25, 0.3) is 0 Å². The normalized spacial score (nSPS) is 12.4. The molecule has 94 valence electrons. The predicted molar refractivity (Wildman–Crippen MR) is 67.2 cm³/mol. The van der Waals surface area contributed by atoms with Gasteiger partial charge in [-0.15, -0.1) is 0 Å². The van der Waals surface area contributed by atoms with Crippen molar-refractivity contribution in [3.63, 3.8) is 0 Å². The molecule has 0 saturated carbocycles. The molecule has 0 aliphatic carbocycles. The maximum atomic E-state index is 13.3. The molecule has 0 radical (unpaired) electrons. The highest BCUT2D eigenvalue weighted by molar-refractivity contribution is 6.30. The van der Waals surface area contributed by atoms with Crippen molar-refractivity contribution in [2.75, 3.05) is 0 Å². The molecular formula is C12H12ClFN4. The van der Waals surface area contributed by atoms with Gasteiger partial charge in [-0.05, 0) is 24.1 Å². The van der Waals surface area contributed by atoms with Crippen LogP contribution in [0.2, 0.25) is 5.02 Å². The summed E-state index contributed by atoms with van der Waals surface area (Å²) in [7, 11) is 0. The van der Waals surface area contributed by atoms with Gasteiger partial charge in [0.15, 0.2) is 0 Å². The molecule has 0 aliphatic heterocycles. The number of halogens is 2. The lowest BCUT2D eigenvalue weighted by molar-refractivity contribution is 0.545. The molecule has 0 fully saturated rings. The Hall–Kier alpha value is -1.56. The second-order valence-electron chi connectivity index (χ2n) is 3.84. The van der Waals surface area contributed by atoms with Crippen LogP contribution in [0.1, 0.15) is 17.2 Å². The third-order valence-corrected chi connectivity index (χ3v) is 2.91. The molecule has 4 nitrogen and oxygen atoms in total. The van der Waals surface area contributed by atoms with Crippen LogP contribution in [0, 0.1) is 5.82 Å². The van der Waals surface area contributed by atoms with Crippen LogP contribution in [-0.2, 0) is 6.42 Å². The fourth-order valence-electron chi connectivity index (χ4n) is 1.67. The molecular weight excluding hydrogens is 255 g/mol. The van der Waals surface area contributed by atoms with Crippen molar-refractivity contribution in [1.29, 1.82) is 0 Å². The first kappa shape index (κ1) is 12.9. The monoisotopic (exact) mass is 266 g/mol. The number of nitrogens with two attached hydrogens (primary N) is 1.